The number of anilines is 1. The van der Waals surface area contributed by atoms with Crippen LogP contribution in [-0.4, -0.2) is 34.3 Å². The summed E-state index contributed by atoms with van der Waals surface area (Å²) in [4.78, 5) is 8.13. The van der Waals surface area contributed by atoms with Crippen molar-refractivity contribution in [1.82, 2.24) is 9.97 Å². The number of nitrogens with one attached hydrogen (secondary N) is 1. The van der Waals surface area contributed by atoms with Crippen LogP contribution in [0.3, 0.4) is 0 Å². The van der Waals surface area contributed by atoms with E-state index >= 15 is 0 Å². The molecule has 5 heteroatoms. The average Bonchev–Trinajstić information content (AvgIpc) is 2.24. The van der Waals surface area contributed by atoms with E-state index in [1.54, 1.807) is 19.4 Å². The predicted octanol–water partition coefficient (Wildman–Crippen LogP) is 0.812. The Bertz CT molecular complexity index is 339. The number of aliphatic hydroxyl groups is 1. The summed E-state index contributed by atoms with van der Waals surface area (Å²) in [6.07, 6.45) is 4.42. The zero-order valence-electron chi connectivity index (χ0n) is 8.73. The van der Waals surface area contributed by atoms with E-state index in [1.807, 2.05) is 0 Å². The molecule has 1 heterocycles. The normalized spacial score (nSPS) is 18.0. The number of methoxy groups -OCH3 is 1. The van der Waals surface area contributed by atoms with Crippen LogP contribution in [0.5, 0.6) is 5.88 Å². The lowest BCUT2D eigenvalue weighted by Gasteiger charge is -2.36. The molecule has 1 aliphatic rings. The van der Waals surface area contributed by atoms with E-state index in [0.29, 0.717) is 18.4 Å². The van der Waals surface area contributed by atoms with Crippen molar-refractivity contribution in [2.75, 3.05) is 19.0 Å². The number of ether oxygens (including phenoxy) is 1. The number of hydrogen-bond donors (Lipinski definition) is 2. The van der Waals surface area contributed by atoms with Gasteiger partial charge >= 0.3 is 0 Å². The second-order valence-electron chi connectivity index (χ2n) is 3.85. The molecule has 0 atom stereocenters. The van der Waals surface area contributed by atoms with Crippen LogP contribution in [-0.2, 0) is 0 Å². The topological polar surface area (TPSA) is 67.3 Å². The number of hydrogen-bond acceptors (Lipinski definition) is 5. The van der Waals surface area contributed by atoms with E-state index in [2.05, 4.69) is 15.3 Å². The fourth-order valence-electron chi connectivity index (χ4n) is 1.55. The van der Waals surface area contributed by atoms with Crippen molar-refractivity contribution in [3.63, 3.8) is 0 Å². The van der Waals surface area contributed by atoms with E-state index in [0.717, 1.165) is 19.3 Å². The molecule has 0 aromatic carbocycles. The Kier molecular flexibility index (Phi) is 2.73. The molecule has 0 bridgehead atoms. The Morgan fingerprint density at radius 1 is 1.60 bits per heavy atom. The fraction of sp³-hybridized carbons (Fsp3) is 0.600. The Labute approximate surface area is 88.5 Å². The molecule has 2 rings (SSSR count). The molecule has 1 aromatic heterocycles. The minimum Gasteiger partial charge on any atom is -0.481 e. The van der Waals surface area contributed by atoms with Crippen LogP contribution in [0, 0.1) is 0 Å². The minimum atomic E-state index is -0.563. The summed E-state index contributed by atoms with van der Waals surface area (Å²) in [6, 6.07) is 1.68. The summed E-state index contributed by atoms with van der Waals surface area (Å²) < 4.78 is 4.97. The van der Waals surface area contributed by atoms with Gasteiger partial charge in [0.2, 0.25) is 11.8 Å². The molecular formula is C10H15N3O2. The van der Waals surface area contributed by atoms with Crippen LogP contribution in [0.15, 0.2) is 12.3 Å². The van der Waals surface area contributed by atoms with Crippen molar-refractivity contribution in [3.05, 3.63) is 12.3 Å². The van der Waals surface area contributed by atoms with Crippen LogP contribution in [0.25, 0.3) is 0 Å². The molecule has 0 radical (unpaired) electrons. The summed E-state index contributed by atoms with van der Waals surface area (Å²) >= 11 is 0. The number of rotatable bonds is 4. The lowest BCUT2D eigenvalue weighted by atomic mass is 9.80. The van der Waals surface area contributed by atoms with Crippen molar-refractivity contribution < 1.29 is 9.84 Å². The van der Waals surface area contributed by atoms with Crippen LogP contribution in [0.1, 0.15) is 19.3 Å². The molecule has 5 nitrogen and oxygen atoms in total. The van der Waals surface area contributed by atoms with Gasteiger partial charge in [-0.25, -0.2) is 4.98 Å². The van der Waals surface area contributed by atoms with E-state index < -0.39 is 5.60 Å². The Hall–Kier alpha value is -1.36. The van der Waals surface area contributed by atoms with E-state index in [-0.39, 0.29) is 0 Å². The molecule has 0 saturated heterocycles. The van der Waals surface area contributed by atoms with Gasteiger partial charge in [-0.1, -0.05) is 0 Å². The maximum absolute atomic E-state index is 9.85. The van der Waals surface area contributed by atoms with E-state index in [4.69, 9.17) is 4.74 Å². The quantitative estimate of drug-likeness (QED) is 0.768. The lowest BCUT2D eigenvalue weighted by molar-refractivity contribution is -0.0203. The van der Waals surface area contributed by atoms with Crippen LogP contribution in [0.2, 0.25) is 0 Å². The van der Waals surface area contributed by atoms with Gasteiger partial charge in [0, 0.05) is 18.8 Å². The Morgan fingerprint density at radius 3 is 3.00 bits per heavy atom. The fourth-order valence-corrected chi connectivity index (χ4v) is 1.55. The second-order valence-corrected chi connectivity index (χ2v) is 3.85. The lowest BCUT2D eigenvalue weighted by Crippen LogP contribution is -2.43. The van der Waals surface area contributed by atoms with Gasteiger partial charge in [-0.05, 0) is 19.3 Å². The largest absolute Gasteiger partial charge is 0.481 e. The van der Waals surface area contributed by atoms with Gasteiger partial charge in [0.25, 0.3) is 0 Å². The summed E-state index contributed by atoms with van der Waals surface area (Å²) in [7, 11) is 1.56. The van der Waals surface area contributed by atoms with Gasteiger partial charge in [0.05, 0.1) is 12.7 Å². The average molecular weight is 209 g/mol. The van der Waals surface area contributed by atoms with Gasteiger partial charge in [-0.3, -0.25) is 0 Å². The van der Waals surface area contributed by atoms with Crippen molar-refractivity contribution in [1.29, 1.82) is 0 Å². The van der Waals surface area contributed by atoms with Gasteiger partial charge in [-0.2, -0.15) is 4.98 Å². The molecule has 0 unspecified atom stereocenters. The molecular weight excluding hydrogens is 194 g/mol. The molecule has 1 fully saturated rings. The maximum Gasteiger partial charge on any atom is 0.226 e. The molecule has 1 saturated carbocycles. The zero-order valence-corrected chi connectivity index (χ0v) is 8.73. The van der Waals surface area contributed by atoms with E-state index in [9.17, 15) is 5.11 Å². The summed E-state index contributed by atoms with van der Waals surface area (Å²) in [5, 5.41) is 12.9. The summed E-state index contributed by atoms with van der Waals surface area (Å²) in [5.41, 5.74) is -0.563. The van der Waals surface area contributed by atoms with Gasteiger partial charge < -0.3 is 15.2 Å². The molecule has 0 aliphatic heterocycles. The molecule has 2 N–H and O–H groups in total. The monoisotopic (exact) mass is 209 g/mol. The minimum absolute atomic E-state index is 0.495. The first-order valence-electron chi connectivity index (χ1n) is 5.05. The number of aromatic nitrogens is 2. The van der Waals surface area contributed by atoms with E-state index in [1.165, 1.54) is 0 Å². The standard InChI is InChI=1S/C10H15N3O2/c1-15-8-3-6-11-9(13-8)12-7-10(14)4-2-5-10/h3,6,14H,2,4-5,7H2,1H3,(H,11,12,13). The Morgan fingerprint density at radius 2 is 2.40 bits per heavy atom. The second kappa shape index (κ2) is 4.02. The third kappa shape index (κ3) is 2.36. The third-order valence-corrected chi connectivity index (χ3v) is 2.70. The molecule has 82 valence electrons. The SMILES string of the molecule is COc1ccnc(NCC2(O)CCC2)n1. The highest BCUT2D eigenvalue weighted by molar-refractivity contribution is 5.28. The summed E-state index contributed by atoms with van der Waals surface area (Å²) in [6.45, 7) is 0.500. The smallest absolute Gasteiger partial charge is 0.226 e. The number of nitrogens with zero attached hydrogens (tertiary/aromatic N) is 2. The van der Waals surface area contributed by atoms with Gasteiger partial charge in [0.15, 0.2) is 0 Å². The molecule has 0 amide bonds. The maximum atomic E-state index is 9.85. The molecule has 1 aromatic rings. The highest BCUT2D eigenvalue weighted by Crippen LogP contribution is 2.31. The zero-order chi connectivity index (χ0) is 10.7. The van der Waals surface area contributed by atoms with Crippen molar-refractivity contribution in [2.24, 2.45) is 0 Å². The third-order valence-electron chi connectivity index (χ3n) is 2.70. The molecule has 15 heavy (non-hydrogen) atoms. The van der Waals surface area contributed by atoms with Gasteiger partial charge in [-0.15, -0.1) is 0 Å². The molecule has 0 spiro atoms. The van der Waals surface area contributed by atoms with Crippen LogP contribution < -0.4 is 10.1 Å². The highest BCUT2D eigenvalue weighted by atomic mass is 16.5. The predicted molar refractivity (Wildman–Crippen MR) is 55.9 cm³/mol. The van der Waals surface area contributed by atoms with Crippen LogP contribution >= 0.6 is 0 Å². The van der Waals surface area contributed by atoms with Crippen molar-refractivity contribution >= 4 is 5.95 Å². The summed E-state index contributed by atoms with van der Waals surface area (Å²) in [5.74, 6) is 1.02. The van der Waals surface area contributed by atoms with Crippen LogP contribution in [0.4, 0.5) is 5.95 Å². The van der Waals surface area contributed by atoms with Crippen molar-refractivity contribution in [3.8, 4) is 5.88 Å². The first-order chi connectivity index (χ1) is 7.22. The first-order valence-corrected chi connectivity index (χ1v) is 5.05. The Balaban J connectivity index is 1.92. The van der Waals surface area contributed by atoms with Gasteiger partial charge in [0.1, 0.15) is 0 Å². The highest BCUT2D eigenvalue weighted by Gasteiger charge is 2.34. The van der Waals surface area contributed by atoms with Crippen molar-refractivity contribution in [2.45, 2.75) is 24.9 Å². The first kappa shape index (κ1) is 10.2. The molecule has 1 aliphatic carbocycles.